The molecule has 2 heterocycles. The zero-order valence-corrected chi connectivity index (χ0v) is 24.4. The molecule has 0 saturated carbocycles. The second-order valence-corrected chi connectivity index (χ2v) is 9.11. The summed E-state index contributed by atoms with van der Waals surface area (Å²) in [5.41, 5.74) is 0.880. The number of ether oxygens (including phenoxy) is 1. The van der Waals surface area contributed by atoms with E-state index in [1.54, 1.807) is 49.7 Å². The van der Waals surface area contributed by atoms with Crippen LogP contribution in [-0.2, 0) is 4.74 Å². The molecule has 0 radical (unpaired) electrons. The fraction of sp³-hybridized carbons (Fsp3) is 0.190. The molecule has 12 heteroatoms. The molecule has 0 spiro atoms. The van der Waals surface area contributed by atoms with Crippen molar-refractivity contribution in [1.29, 1.82) is 0 Å². The van der Waals surface area contributed by atoms with Crippen molar-refractivity contribution in [2.24, 2.45) is 5.10 Å². The van der Waals surface area contributed by atoms with E-state index in [1.165, 1.54) is 17.6 Å². The van der Waals surface area contributed by atoms with Gasteiger partial charge in [0.15, 0.2) is 5.75 Å². The number of anilines is 1. The quantitative estimate of drug-likeness (QED) is 0.195. The Morgan fingerprint density at radius 2 is 1.97 bits per heavy atom. The van der Waals surface area contributed by atoms with Crippen molar-refractivity contribution in [3.05, 3.63) is 55.5 Å². The average Bonchev–Trinajstić information content (AvgIpc) is 3.41. The van der Waals surface area contributed by atoms with Crippen LogP contribution in [0.1, 0.15) is 27.7 Å². The minimum absolute atomic E-state index is 0. The van der Waals surface area contributed by atoms with E-state index in [4.69, 9.17) is 27.9 Å². The summed E-state index contributed by atoms with van der Waals surface area (Å²) in [6, 6.07) is 8.13. The Morgan fingerprint density at radius 1 is 1.24 bits per heavy atom. The van der Waals surface area contributed by atoms with E-state index in [1.807, 2.05) is 0 Å². The minimum Gasteiger partial charge on any atom is -1.00 e. The molecular formula is C21H20Cl2KN3O4S2. The van der Waals surface area contributed by atoms with Gasteiger partial charge in [0.05, 0.1) is 31.3 Å². The normalized spacial score (nSPS) is 10.8. The van der Waals surface area contributed by atoms with E-state index in [2.05, 4.69) is 10.4 Å². The summed E-state index contributed by atoms with van der Waals surface area (Å²) in [5.74, 6) is -0.879. The molecule has 3 rings (SSSR count). The van der Waals surface area contributed by atoms with Crippen LogP contribution in [0.2, 0.25) is 10.0 Å². The van der Waals surface area contributed by atoms with Crippen molar-refractivity contribution >= 4 is 69.6 Å². The molecule has 170 valence electrons. The van der Waals surface area contributed by atoms with Crippen molar-refractivity contribution in [2.45, 2.75) is 6.92 Å². The monoisotopic (exact) mass is 551 g/mol. The smallest absolute Gasteiger partial charge is 1.00 e. The van der Waals surface area contributed by atoms with Gasteiger partial charge < -0.3 is 16.6 Å². The number of amides is 2. The summed E-state index contributed by atoms with van der Waals surface area (Å²) in [5, 5.41) is 21.2. The van der Waals surface area contributed by atoms with Gasteiger partial charge >= 0.3 is 51.4 Å². The largest absolute Gasteiger partial charge is 1.00 e. The van der Waals surface area contributed by atoms with Gasteiger partial charge in [0.25, 0.3) is 11.8 Å². The summed E-state index contributed by atoms with van der Waals surface area (Å²) in [7, 11) is 1.55. The molecular weight excluding hydrogens is 532 g/mol. The SMILES string of the molecule is CC=NN(C(=O)c1ccc(C(=O)NCCOC)s1)c1csc(-c2ccc(Cl)c(Cl)c2)c1O.[H-].[K+]. The van der Waals surface area contributed by atoms with E-state index >= 15 is 0 Å². The van der Waals surface area contributed by atoms with Gasteiger partial charge in [-0.15, -0.1) is 22.7 Å². The van der Waals surface area contributed by atoms with Crippen LogP contribution in [0.3, 0.4) is 0 Å². The first-order chi connectivity index (χ1) is 15.4. The van der Waals surface area contributed by atoms with Gasteiger partial charge in [0.1, 0.15) is 5.69 Å². The Labute approximate surface area is 253 Å². The number of benzene rings is 1. The Morgan fingerprint density at radius 3 is 2.64 bits per heavy atom. The van der Waals surface area contributed by atoms with Crippen molar-refractivity contribution < 1.29 is 72.2 Å². The first-order valence-electron chi connectivity index (χ1n) is 9.33. The number of carbonyl (C=O) groups is 2. The molecule has 2 amide bonds. The Kier molecular flexibility index (Phi) is 11.5. The van der Waals surface area contributed by atoms with Gasteiger partial charge in [0.2, 0.25) is 0 Å². The van der Waals surface area contributed by atoms with Gasteiger partial charge in [-0.2, -0.15) is 10.1 Å². The summed E-state index contributed by atoms with van der Waals surface area (Å²) < 4.78 is 4.91. The zero-order chi connectivity index (χ0) is 23.3. The third-order valence-electron chi connectivity index (χ3n) is 4.21. The van der Waals surface area contributed by atoms with Crippen LogP contribution in [0.15, 0.2) is 40.8 Å². The molecule has 0 aliphatic rings. The van der Waals surface area contributed by atoms with Crippen molar-refractivity contribution in [3.63, 3.8) is 0 Å². The van der Waals surface area contributed by atoms with Gasteiger partial charge in [0, 0.05) is 25.2 Å². The van der Waals surface area contributed by atoms with Crippen molar-refractivity contribution in [3.8, 4) is 16.2 Å². The molecule has 7 nitrogen and oxygen atoms in total. The molecule has 0 saturated heterocycles. The topological polar surface area (TPSA) is 91.2 Å². The number of methoxy groups -OCH3 is 1. The maximum absolute atomic E-state index is 13.2. The number of hydrogen-bond donors (Lipinski definition) is 2. The van der Waals surface area contributed by atoms with Crippen LogP contribution >= 0.6 is 45.9 Å². The van der Waals surface area contributed by atoms with Crippen LogP contribution in [-0.4, -0.2) is 43.4 Å². The molecule has 33 heavy (non-hydrogen) atoms. The predicted octanol–water partition coefficient (Wildman–Crippen LogP) is 2.63. The van der Waals surface area contributed by atoms with Crippen LogP contribution in [0.5, 0.6) is 5.75 Å². The number of thiophene rings is 2. The fourth-order valence-electron chi connectivity index (χ4n) is 2.71. The second kappa shape index (κ2) is 13.3. The van der Waals surface area contributed by atoms with Gasteiger partial charge in [-0.3, -0.25) is 9.59 Å². The number of nitrogens with one attached hydrogen (secondary N) is 1. The van der Waals surface area contributed by atoms with E-state index in [-0.39, 0.29) is 70.2 Å². The number of hydrazone groups is 1. The van der Waals surface area contributed by atoms with E-state index in [0.29, 0.717) is 43.4 Å². The van der Waals surface area contributed by atoms with Crippen molar-refractivity contribution in [1.82, 2.24) is 5.32 Å². The molecule has 0 aliphatic carbocycles. The van der Waals surface area contributed by atoms with Crippen LogP contribution in [0.25, 0.3) is 10.4 Å². The van der Waals surface area contributed by atoms with Crippen molar-refractivity contribution in [2.75, 3.05) is 25.3 Å². The van der Waals surface area contributed by atoms with Gasteiger partial charge in [-0.25, -0.2) is 0 Å². The number of aromatic hydroxyl groups is 1. The van der Waals surface area contributed by atoms with Crippen LogP contribution < -0.4 is 61.7 Å². The number of nitrogens with zero attached hydrogens (tertiary/aromatic N) is 2. The maximum Gasteiger partial charge on any atom is 1.00 e. The standard InChI is InChI=1S/C21H19Cl2N3O4S2.K.H/c1-3-25-26(21(29)17-7-6-16(32-17)20(28)24-8-9-30-2)15-11-31-19(18(15)27)12-4-5-13(22)14(23)10-12;;/h3-7,10-11,27H,8-9H2,1-2H3,(H,24,28);;/q;+1;-1. The molecule has 0 bridgehead atoms. The van der Waals surface area contributed by atoms with Gasteiger partial charge in [-0.05, 0) is 36.8 Å². The Hall–Kier alpha value is -0.794. The molecule has 1 aromatic carbocycles. The molecule has 0 fully saturated rings. The molecule has 2 N–H and O–H groups in total. The number of carbonyl (C=O) groups excluding carboxylic acids is 2. The molecule has 0 aliphatic heterocycles. The van der Waals surface area contributed by atoms with Crippen LogP contribution in [0, 0.1) is 0 Å². The molecule has 3 aromatic rings. The van der Waals surface area contributed by atoms with Crippen LogP contribution in [0.4, 0.5) is 5.69 Å². The molecule has 0 unspecified atom stereocenters. The fourth-order valence-corrected chi connectivity index (χ4v) is 4.77. The van der Waals surface area contributed by atoms with E-state index < -0.39 is 5.91 Å². The summed E-state index contributed by atoms with van der Waals surface area (Å²) in [6.45, 7) is 2.41. The first kappa shape index (κ1) is 28.4. The van der Waals surface area contributed by atoms with E-state index in [9.17, 15) is 14.7 Å². The number of rotatable bonds is 8. The minimum atomic E-state index is -0.474. The number of hydrogen-bond acceptors (Lipinski definition) is 7. The predicted molar refractivity (Wildman–Crippen MR) is 132 cm³/mol. The number of halogens is 2. The maximum atomic E-state index is 13.2. The average molecular weight is 553 g/mol. The molecule has 0 atom stereocenters. The Balaban J connectivity index is 0.00000289. The summed E-state index contributed by atoms with van der Waals surface area (Å²) >= 11 is 14.4. The first-order valence-corrected chi connectivity index (χ1v) is 11.8. The molecule has 2 aromatic heterocycles. The second-order valence-electron chi connectivity index (χ2n) is 6.33. The zero-order valence-electron chi connectivity index (χ0n) is 19.1. The summed E-state index contributed by atoms with van der Waals surface area (Å²) in [6.07, 6.45) is 1.44. The summed E-state index contributed by atoms with van der Waals surface area (Å²) in [4.78, 5) is 26.6. The Bertz CT molecular complexity index is 1170. The van der Waals surface area contributed by atoms with E-state index in [0.717, 1.165) is 16.3 Å². The third-order valence-corrected chi connectivity index (χ3v) is 7.03. The van der Waals surface area contributed by atoms with Gasteiger partial charge in [-0.1, -0.05) is 29.3 Å². The third kappa shape index (κ3) is 6.88.